The molecular formula is C19H17N17O5. The van der Waals surface area contributed by atoms with Crippen molar-refractivity contribution in [2.75, 3.05) is 11.5 Å². The molecule has 0 bridgehead atoms. The zero-order valence-electron chi connectivity index (χ0n) is 20.8. The molecule has 0 saturated carbocycles. The Balaban J connectivity index is 1.50. The van der Waals surface area contributed by atoms with E-state index >= 15 is 0 Å². The lowest BCUT2D eigenvalue weighted by molar-refractivity contribution is 0.0687. The van der Waals surface area contributed by atoms with Gasteiger partial charge in [-0.3, -0.25) is 10.2 Å². The highest BCUT2D eigenvalue weighted by Gasteiger charge is 2.22. The van der Waals surface area contributed by atoms with Crippen molar-refractivity contribution in [2.45, 2.75) is 13.8 Å². The number of hydrogen-bond donors (Lipinski definition) is 7. The number of hydrogen-bond acceptors (Lipinski definition) is 16. The molecule has 0 aliphatic rings. The van der Waals surface area contributed by atoms with Crippen molar-refractivity contribution in [1.82, 2.24) is 54.9 Å². The highest BCUT2D eigenvalue weighted by atomic mass is 16.4. The van der Waals surface area contributed by atoms with Crippen molar-refractivity contribution in [2.24, 2.45) is 20.5 Å². The van der Waals surface area contributed by atoms with Crippen LogP contribution in [0.5, 0.6) is 6.01 Å². The maximum atomic E-state index is 11.3. The zero-order chi connectivity index (χ0) is 29.4. The molecule has 5 aromatic rings. The first kappa shape index (κ1) is 26.0. The number of azo groups is 2. The first-order valence-electron chi connectivity index (χ1n) is 11.1. The highest BCUT2D eigenvalue weighted by molar-refractivity contribution is 5.92. The van der Waals surface area contributed by atoms with Gasteiger partial charge >= 0.3 is 17.9 Å². The molecule has 0 atom stereocenters. The fourth-order valence-corrected chi connectivity index (χ4v) is 3.38. The summed E-state index contributed by atoms with van der Waals surface area (Å²) in [5, 5.41) is 64.8. The fraction of sp³-hybridized carbons (Fsp3) is 0.105. The van der Waals surface area contributed by atoms with Crippen LogP contribution in [0.25, 0.3) is 11.9 Å². The largest absolute Gasteiger partial charge is 0.479 e. The predicted octanol–water partition coefficient (Wildman–Crippen LogP) is 1.40. The minimum Gasteiger partial charge on any atom is -0.479 e. The van der Waals surface area contributed by atoms with Gasteiger partial charge in [-0.25, -0.2) is 9.59 Å². The van der Waals surface area contributed by atoms with Gasteiger partial charge in [-0.15, -0.1) is 20.5 Å². The topological polar surface area (TPSA) is 328 Å². The molecule has 9 N–H and O–H groups in total. The van der Waals surface area contributed by atoms with Crippen LogP contribution in [0, 0.1) is 13.8 Å². The third kappa shape index (κ3) is 4.73. The number of nitrogens with zero attached hydrogens (tertiary/aromatic N) is 13. The molecule has 0 fully saturated rings. The van der Waals surface area contributed by atoms with Gasteiger partial charge in [-0.05, 0) is 13.8 Å². The van der Waals surface area contributed by atoms with Gasteiger partial charge < -0.3 is 26.8 Å². The highest BCUT2D eigenvalue weighted by Crippen LogP contribution is 2.32. The molecule has 22 nitrogen and oxygen atoms in total. The number of aromatic carboxylic acids is 2. The van der Waals surface area contributed by atoms with Gasteiger partial charge in [0.15, 0.2) is 34.6 Å². The van der Waals surface area contributed by atoms with Crippen LogP contribution in [-0.4, -0.2) is 82.2 Å². The standard InChI is InChI=1S/C19H17N17O5/c1-5-9(27-31-13-7(15(37)38)3-22-29-13)11(20)35(33-5)17-24-18(26-19(41)25-17)36-12(21)10(6(2)34-36)28-32-14-8(16(39)40)4-23-30-14/h3-4H,20-21H2,1-2H3,(H,22,29)(H,23,30)(H,37,38)(H,39,40)(H,24,25,26,41)/b31-27+,32-28+. The minimum absolute atomic E-state index is 0.0640. The van der Waals surface area contributed by atoms with Gasteiger partial charge in [0.25, 0.3) is 11.9 Å². The van der Waals surface area contributed by atoms with Crippen molar-refractivity contribution >= 4 is 46.6 Å². The number of aryl methyl sites for hydroxylation is 2. The molecule has 0 saturated heterocycles. The summed E-state index contributed by atoms with van der Waals surface area (Å²) in [5.41, 5.74) is 12.6. The van der Waals surface area contributed by atoms with E-state index < -0.39 is 17.9 Å². The van der Waals surface area contributed by atoms with Crippen LogP contribution in [0.1, 0.15) is 32.1 Å². The summed E-state index contributed by atoms with van der Waals surface area (Å²) in [6.07, 6.45) is 2.15. The number of rotatable bonds is 8. The minimum atomic E-state index is -1.26. The van der Waals surface area contributed by atoms with Gasteiger partial charge in [-0.2, -0.15) is 44.7 Å². The number of nitrogen functional groups attached to an aromatic ring is 2. The van der Waals surface area contributed by atoms with E-state index in [-0.39, 0.29) is 69.1 Å². The van der Waals surface area contributed by atoms with Crippen molar-refractivity contribution in [1.29, 1.82) is 0 Å². The van der Waals surface area contributed by atoms with Crippen LogP contribution < -0.4 is 11.5 Å². The number of carbonyl (C=O) groups is 2. The van der Waals surface area contributed by atoms with Crippen LogP contribution in [0.4, 0.5) is 34.6 Å². The Morgan fingerprint density at radius 1 is 0.756 bits per heavy atom. The van der Waals surface area contributed by atoms with Gasteiger partial charge in [0.2, 0.25) is 0 Å². The lowest BCUT2D eigenvalue weighted by Gasteiger charge is -2.06. The zero-order valence-corrected chi connectivity index (χ0v) is 20.8. The van der Waals surface area contributed by atoms with Crippen LogP contribution in [-0.2, 0) is 0 Å². The summed E-state index contributed by atoms with van der Waals surface area (Å²) in [5.74, 6) is -3.46. The number of aromatic hydroxyl groups is 1. The number of anilines is 2. The average molecular weight is 563 g/mol. The van der Waals surface area contributed by atoms with Crippen molar-refractivity contribution < 1.29 is 24.9 Å². The van der Waals surface area contributed by atoms with Crippen LogP contribution >= 0.6 is 0 Å². The summed E-state index contributed by atoms with van der Waals surface area (Å²) in [4.78, 5) is 34.5. The number of nitrogens with one attached hydrogen (secondary N) is 2. The summed E-state index contributed by atoms with van der Waals surface area (Å²) in [6, 6.07) is -0.733. The maximum Gasteiger partial charge on any atom is 0.341 e. The van der Waals surface area contributed by atoms with Crippen LogP contribution in [0.2, 0.25) is 0 Å². The van der Waals surface area contributed by atoms with E-state index in [9.17, 15) is 24.9 Å². The van der Waals surface area contributed by atoms with Crippen LogP contribution in [0.15, 0.2) is 32.9 Å². The molecule has 0 spiro atoms. The quantitative estimate of drug-likeness (QED) is 0.131. The summed E-state index contributed by atoms with van der Waals surface area (Å²) in [7, 11) is 0. The lowest BCUT2D eigenvalue weighted by atomic mass is 10.3. The second-order valence-corrected chi connectivity index (χ2v) is 7.97. The van der Waals surface area contributed by atoms with Gasteiger partial charge in [-0.1, -0.05) is 0 Å². The first-order valence-corrected chi connectivity index (χ1v) is 11.1. The summed E-state index contributed by atoms with van der Waals surface area (Å²) < 4.78 is 2.08. The molecule has 0 aliphatic carbocycles. The molecule has 0 aliphatic heterocycles. The monoisotopic (exact) mass is 563 g/mol. The van der Waals surface area contributed by atoms with Crippen LogP contribution in [0.3, 0.4) is 0 Å². The van der Waals surface area contributed by atoms with E-state index in [2.05, 4.69) is 66.0 Å². The molecule has 5 rings (SSSR count). The van der Waals surface area contributed by atoms with E-state index in [4.69, 9.17) is 11.5 Å². The second kappa shape index (κ2) is 9.93. The number of carboxylic acid groups (broad SMARTS) is 2. The molecule has 0 radical (unpaired) electrons. The molecule has 5 aromatic heterocycles. The Bertz CT molecular complexity index is 1750. The van der Waals surface area contributed by atoms with Gasteiger partial charge in [0, 0.05) is 0 Å². The molecule has 5 heterocycles. The van der Waals surface area contributed by atoms with Crippen molar-refractivity contribution in [3.63, 3.8) is 0 Å². The Hall–Kier alpha value is -6.61. The predicted molar refractivity (Wildman–Crippen MR) is 133 cm³/mol. The van der Waals surface area contributed by atoms with E-state index in [0.29, 0.717) is 0 Å². The normalized spacial score (nSPS) is 11.7. The molecule has 41 heavy (non-hydrogen) atoms. The number of nitrogens with two attached hydrogens (primary N) is 2. The smallest absolute Gasteiger partial charge is 0.341 e. The number of aromatic amines is 2. The van der Waals surface area contributed by atoms with E-state index in [1.165, 1.54) is 0 Å². The van der Waals surface area contributed by atoms with E-state index in [0.717, 1.165) is 21.8 Å². The molecule has 208 valence electrons. The Morgan fingerprint density at radius 2 is 1.17 bits per heavy atom. The molecular weight excluding hydrogens is 546 g/mol. The van der Waals surface area contributed by atoms with E-state index in [1.54, 1.807) is 13.8 Å². The van der Waals surface area contributed by atoms with E-state index in [1.807, 2.05) is 0 Å². The SMILES string of the molecule is Cc1nn(-c2nc(O)nc(-n3nc(C)c(/N=N/c4[nH]ncc4C(=O)O)c3N)n2)c(N)c1/N=N/c1[nH]ncc1C(=O)O. The maximum absolute atomic E-state index is 11.3. The summed E-state index contributed by atoms with van der Waals surface area (Å²) in [6.45, 7) is 3.10. The Kier molecular flexibility index (Phi) is 6.30. The Labute approximate surface area is 225 Å². The molecule has 0 unspecified atom stereocenters. The lowest BCUT2D eigenvalue weighted by Crippen LogP contribution is -2.13. The van der Waals surface area contributed by atoms with Gasteiger partial charge in [0.1, 0.15) is 11.1 Å². The second-order valence-electron chi connectivity index (χ2n) is 7.97. The average Bonchev–Trinajstić information content (AvgIpc) is 3.69. The molecule has 0 aromatic carbocycles. The van der Waals surface area contributed by atoms with Crippen molar-refractivity contribution in [3.8, 4) is 17.9 Å². The number of H-pyrrole nitrogens is 2. The summed E-state index contributed by atoms with van der Waals surface area (Å²) >= 11 is 0. The third-order valence-electron chi connectivity index (χ3n) is 5.31. The van der Waals surface area contributed by atoms with Gasteiger partial charge in [0.05, 0.1) is 23.8 Å². The number of carboxylic acids is 2. The number of aromatic nitrogens is 11. The first-order chi connectivity index (χ1) is 19.5. The molecule has 22 heteroatoms. The van der Waals surface area contributed by atoms with Crippen molar-refractivity contribution in [3.05, 3.63) is 34.9 Å². The fourth-order valence-electron chi connectivity index (χ4n) is 3.38. The Morgan fingerprint density at radius 3 is 1.56 bits per heavy atom. The third-order valence-corrected chi connectivity index (χ3v) is 5.31. The molecule has 0 amide bonds.